The smallest absolute Gasteiger partial charge is 0.254 e. The fourth-order valence-corrected chi connectivity index (χ4v) is 1.83. The molecule has 86 valence electrons. The molecule has 0 unspecified atom stereocenters. The number of rotatable bonds is 2. The normalized spacial score (nSPS) is 15.7. The van der Waals surface area contributed by atoms with Crippen LogP contribution in [0.4, 0.5) is 8.78 Å². The van der Waals surface area contributed by atoms with Gasteiger partial charge in [0.2, 0.25) is 0 Å². The van der Waals surface area contributed by atoms with Crippen LogP contribution in [0.3, 0.4) is 0 Å². The Kier molecular flexibility index (Phi) is 3.23. The number of halogens is 3. The highest BCUT2D eigenvalue weighted by atomic mass is 79.9. The van der Waals surface area contributed by atoms with Crippen molar-refractivity contribution in [3.8, 4) is 0 Å². The summed E-state index contributed by atoms with van der Waals surface area (Å²) in [7, 11) is 0. The summed E-state index contributed by atoms with van der Waals surface area (Å²) in [5.74, 6) is -1.90. The first-order chi connectivity index (χ1) is 7.58. The van der Waals surface area contributed by atoms with Crippen LogP contribution in [0.1, 0.15) is 29.6 Å². The third kappa shape index (κ3) is 2.24. The van der Waals surface area contributed by atoms with E-state index in [9.17, 15) is 13.6 Å². The zero-order chi connectivity index (χ0) is 11.7. The maximum Gasteiger partial charge on any atom is 0.254 e. The van der Waals surface area contributed by atoms with Crippen molar-refractivity contribution in [1.29, 1.82) is 0 Å². The minimum Gasteiger partial charge on any atom is -0.349 e. The van der Waals surface area contributed by atoms with Crippen molar-refractivity contribution >= 4 is 21.8 Å². The Bertz CT molecular complexity index is 432. The predicted octanol–water partition coefficient (Wildman–Crippen LogP) is 3.01. The maximum atomic E-state index is 13.4. The van der Waals surface area contributed by atoms with Crippen LogP contribution in [0.15, 0.2) is 16.6 Å². The first-order valence-electron chi connectivity index (χ1n) is 5.03. The van der Waals surface area contributed by atoms with Gasteiger partial charge in [-0.15, -0.1) is 0 Å². The monoisotopic (exact) mass is 289 g/mol. The second kappa shape index (κ2) is 4.49. The minimum absolute atomic E-state index is 0.0187. The molecular weight excluding hydrogens is 280 g/mol. The van der Waals surface area contributed by atoms with Gasteiger partial charge in [-0.2, -0.15) is 0 Å². The van der Waals surface area contributed by atoms with E-state index in [2.05, 4.69) is 21.2 Å². The van der Waals surface area contributed by atoms with Gasteiger partial charge in [-0.05, 0) is 47.3 Å². The topological polar surface area (TPSA) is 29.1 Å². The van der Waals surface area contributed by atoms with E-state index in [0.29, 0.717) is 0 Å². The molecule has 2 rings (SSSR count). The molecule has 0 atom stereocenters. The van der Waals surface area contributed by atoms with Crippen LogP contribution in [0.25, 0.3) is 0 Å². The summed E-state index contributed by atoms with van der Waals surface area (Å²) in [6, 6.07) is 1.98. The molecule has 0 aromatic heterocycles. The quantitative estimate of drug-likeness (QED) is 0.833. The highest BCUT2D eigenvalue weighted by Gasteiger charge is 2.22. The molecule has 1 saturated carbocycles. The third-order valence-corrected chi connectivity index (χ3v) is 3.30. The van der Waals surface area contributed by atoms with Gasteiger partial charge >= 0.3 is 0 Å². The lowest BCUT2D eigenvalue weighted by molar-refractivity contribution is 0.0912. The summed E-state index contributed by atoms with van der Waals surface area (Å²) in [5.41, 5.74) is -0.243. The van der Waals surface area contributed by atoms with Crippen molar-refractivity contribution in [2.75, 3.05) is 0 Å². The average molecular weight is 290 g/mol. The molecule has 5 heteroatoms. The second-order valence-electron chi connectivity index (χ2n) is 3.85. The molecule has 16 heavy (non-hydrogen) atoms. The maximum absolute atomic E-state index is 13.4. The Morgan fingerprint density at radius 3 is 2.56 bits per heavy atom. The van der Waals surface area contributed by atoms with Gasteiger partial charge in [-0.25, -0.2) is 8.78 Å². The van der Waals surface area contributed by atoms with Crippen LogP contribution in [0.5, 0.6) is 0 Å². The van der Waals surface area contributed by atoms with E-state index in [1.54, 1.807) is 0 Å². The molecule has 0 aliphatic heterocycles. The van der Waals surface area contributed by atoms with Crippen LogP contribution in [0, 0.1) is 11.6 Å². The van der Waals surface area contributed by atoms with Gasteiger partial charge in [-0.1, -0.05) is 0 Å². The van der Waals surface area contributed by atoms with E-state index in [4.69, 9.17) is 0 Å². The molecule has 0 saturated heterocycles. The van der Waals surface area contributed by atoms with Gasteiger partial charge in [0, 0.05) is 6.04 Å². The SMILES string of the molecule is O=C(NC1CCC1)c1cc(F)c(Br)cc1F. The van der Waals surface area contributed by atoms with Gasteiger partial charge in [0.15, 0.2) is 0 Å². The van der Waals surface area contributed by atoms with Crippen LogP contribution in [0.2, 0.25) is 0 Å². The zero-order valence-electron chi connectivity index (χ0n) is 8.40. The number of hydrogen-bond acceptors (Lipinski definition) is 1. The molecule has 1 aliphatic rings. The summed E-state index contributed by atoms with van der Waals surface area (Å²) in [5, 5.41) is 2.66. The summed E-state index contributed by atoms with van der Waals surface area (Å²) < 4.78 is 26.6. The fraction of sp³-hybridized carbons (Fsp3) is 0.364. The number of carbonyl (C=O) groups excluding carboxylic acids is 1. The molecule has 0 heterocycles. The van der Waals surface area contributed by atoms with Crippen molar-refractivity contribution in [3.05, 3.63) is 33.8 Å². The highest BCUT2D eigenvalue weighted by molar-refractivity contribution is 9.10. The second-order valence-corrected chi connectivity index (χ2v) is 4.70. The van der Waals surface area contributed by atoms with Crippen molar-refractivity contribution < 1.29 is 13.6 Å². The number of amides is 1. The summed E-state index contributed by atoms with van der Waals surface area (Å²) in [6.07, 6.45) is 2.89. The van der Waals surface area contributed by atoms with Crippen LogP contribution in [-0.4, -0.2) is 11.9 Å². The molecule has 0 radical (unpaired) electrons. The Balaban J connectivity index is 2.18. The molecule has 0 bridgehead atoms. The average Bonchev–Trinajstić information content (AvgIpc) is 2.17. The highest BCUT2D eigenvalue weighted by Crippen LogP contribution is 2.22. The molecular formula is C11H10BrF2NO. The largest absolute Gasteiger partial charge is 0.349 e. The standard InChI is InChI=1S/C11H10BrF2NO/c12-8-5-9(13)7(4-10(8)14)11(16)15-6-2-1-3-6/h4-6H,1-3H2,(H,15,16). The number of hydrogen-bond donors (Lipinski definition) is 1. The van der Waals surface area contributed by atoms with E-state index in [1.807, 2.05) is 0 Å². The van der Waals surface area contributed by atoms with E-state index in [0.717, 1.165) is 31.4 Å². The van der Waals surface area contributed by atoms with Crippen LogP contribution >= 0.6 is 15.9 Å². The van der Waals surface area contributed by atoms with E-state index < -0.39 is 17.5 Å². The van der Waals surface area contributed by atoms with Gasteiger partial charge in [0.25, 0.3) is 5.91 Å². The summed E-state index contributed by atoms with van der Waals surface area (Å²) in [6.45, 7) is 0. The van der Waals surface area contributed by atoms with Gasteiger partial charge < -0.3 is 5.32 Å². The lowest BCUT2D eigenvalue weighted by Crippen LogP contribution is -2.39. The van der Waals surface area contributed by atoms with E-state index in [1.165, 1.54) is 0 Å². The third-order valence-electron chi connectivity index (χ3n) is 2.69. The van der Waals surface area contributed by atoms with Crippen molar-refractivity contribution in [3.63, 3.8) is 0 Å². The molecule has 1 aliphatic carbocycles. The van der Waals surface area contributed by atoms with Gasteiger partial charge in [0.1, 0.15) is 11.6 Å². The first kappa shape index (κ1) is 11.5. The van der Waals surface area contributed by atoms with Crippen LogP contribution < -0.4 is 5.32 Å². The first-order valence-corrected chi connectivity index (χ1v) is 5.82. The number of nitrogens with one attached hydrogen (secondary N) is 1. The Morgan fingerprint density at radius 1 is 1.31 bits per heavy atom. The fourth-order valence-electron chi connectivity index (χ4n) is 1.51. The molecule has 1 aromatic carbocycles. The van der Waals surface area contributed by atoms with Gasteiger partial charge in [-0.3, -0.25) is 4.79 Å². The molecule has 1 aromatic rings. The number of benzene rings is 1. The Labute approximate surface area is 100 Å². The molecule has 1 N–H and O–H groups in total. The Hall–Kier alpha value is -0.970. The van der Waals surface area contributed by atoms with E-state index in [-0.39, 0.29) is 16.1 Å². The lowest BCUT2D eigenvalue weighted by Gasteiger charge is -2.26. The van der Waals surface area contributed by atoms with E-state index >= 15 is 0 Å². The van der Waals surface area contributed by atoms with Crippen LogP contribution in [-0.2, 0) is 0 Å². The predicted molar refractivity (Wildman–Crippen MR) is 59.2 cm³/mol. The molecule has 1 amide bonds. The summed E-state index contributed by atoms with van der Waals surface area (Å²) >= 11 is 2.86. The summed E-state index contributed by atoms with van der Waals surface area (Å²) in [4.78, 5) is 11.6. The van der Waals surface area contributed by atoms with Crippen molar-refractivity contribution in [2.45, 2.75) is 25.3 Å². The number of carbonyl (C=O) groups is 1. The lowest BCUT2D eigenvalue weighted by atomic mass is 9.93. The van der Waals surface area contributed by atoms with Crippen molar-refractivity contribution in [1.82, 2.24) is 5.32 Å². The zero-order valence-corrected chi connectivity index (χ0v) is 9.98. The molecule has 1 fully saturated rings. The van der Waals surface area contributed by atoms with Gasteiger partial charge in [0.05, 0.1) is 10.0 Å². The van der Waals surface area contributed by atoms with Crippen molar-refractivity contribution in [2.24, 2.45) is 0 Å². The molecule has 2 nitrogen and oxygen atoms in total. The molecule has 0 spiro atoms. The minimum atomic E-state index is -0.718. The Morgan fingerprint density at radius 2 is 2.00 bits per heavy atom.